The van der Waals surface area contributed by atoms with Crippen LogP contribution in [0.15, 0.2) is 34.9 Å². The summed E-state index contributed by atoms with van der Waals surface area (Å²) in [6.45, 7) is 0.730. The molecule has 1 aromatic heterocycles. The van der Waals surface area contributed by atoms with Crippen molar-refractivity contribution in [1.29, 1.82) is 0 Å². The Bertz CT molecular complexity index is 590. The highest BCUT2D eigenvalue weighted by atomic mass is 16.3. The van der Waals surface area contributed by atoms with E-state index < -0.39 is 0 Å². The molecule has 1 heterocycles. The molecule has 0 bridgehead atoms. The number of benzene rings is 1. The topological polar surface area (TPSA) is 59.5 Å². The van der Waals surface area contributed by atoms with E-state index in [-0.39, 0.29) is 6.03 Å². The monoisotopic (exact) mass is 244 g/mol. The Labute approximate surface area is 105 Å². The van der Waals surface area contributed by atoms with Crippen LogP contribution in [-0.4, -0.2) is 24.5 Å². The van der Waals surface area contributed by atoms with Crippen molar-refractivity contribution in [3.63, 3.8) is 0 Å². The average Bonchev–Trinajstić information content (AvgIpc) is 2.93. The molecule has 2 N–H and O–H groups in total. The van der Waals surface area contributed by atoms with Gasteiger partial charge in [0.15, 0.2) is 0 Å². The number of furan rings is 1. The van der Waals surface area contributed by atoms with Crippen molar-refractivity contribution in [2.24, 2.45) is 11.7 Å². The fourth-order valence-electron chi connectivity index (χ4n) is 2.61. The van der Waals surface area contributed by atoms with Crippen molar-refractivity contribution in [1.82, 2.24) is 4.90 Å². The summed E-state index contributed by atoms with van der Waals surface area (Å²) in [5, 5.41) is 1.19. The van der Waals surface area contributed by atoms with Gasteiger partial charge in [-0.05, 0) is 36.0 Å². The van der Waals surface area contributed by atoms with E-state index in [1.807, 2.05) is 18.2 Å². The maximum absolute atomic E-state index is 11.0. The summed E-state index contributed by atoms with van der Waals surface area (Å²) < 4.78 is 5.41. The van der Waals surface area contributed by atoms with Crippen molar-refractivity contribution in [2.75, 3.05) is 13.6 Å². The van der Waals surface area contributed by atoms with Crippen molar-refractivity contribution < 1.29 is 9.21 Å². The van der Waals surface area contributed by atoms with Crippen LogP contribution in [0.5, 0.6) is 0 Å². The van der Waals surface area contributed by atoms with Gasteiger partial charge in [-0.1, -0.05) is 12.1 Å². The lowest BCUT2D eigenvalue weighted by molar-refractivity contribution is 0.216. The van der Waals surface area contributed by atoms with E-state index in [2.05, 4.69) is 6.07 Å². The fourth-order valence-corrected chi connectivity index (χ4v) is 2.61. The first-order chi connectivity index (χ1) is 8.66. The third-order valence-corrected chi connectivity index (χ3v) is 3.74. The van der Waals surface area contributed by atoms with Crippen molar-refractivity contribution in [3.05, 3.63) is 36.1 Å². The zero-order valence-electron chi connectivity index (χ0n) is 10.3. The summed E-state index contributed by atoms with van der Waals surface area (Å²) in [5.74, 6) is 1.04. The van der Waals surface area contributed by atoms with Gasteiger partial charge in [-0.15, -0.1) is 0 Å². The van der Waals surface area contributed by atoms with E-state index in [1.54, 1.807) is 18.2 Å². The molecule has 1 saturated carbocycles. The lowest BCUT2D eigenvalue weighted by Gasteiger charge is -2.13. The molecule has 4 nitrogen and oxygen atoms in total. The quantitative estimate of drug-likeness (QED) is 0.902. The molecule has 1 aromatic carbocycles. The molecular formula is C14H16N2O2. The second-order valence-corrected chi connectivity index (χ2v) is 5.00. The van der Waals surface area contributed by atoms with Crippen LogP contribution in [0.4, 0.5) is 4.79 Å². The van der Waals surface area contributed by atoms with Crippen LogP contribution in [0.2, 0.25) is 0 Å². The van der Waals surface area contributed by atoms with Gasteiger partial charge in [-0.2, -0.15) is 0 Å². The van der Waals surface area contributed by atoms with E-state index in [0.29, 0.717) is 11.8 Å². The van der Waals surface area contributed by atoms with Gasteiger partial charge in [0, 0.05) is 19.0 Å². The Hall–Kier alpha value is -1.97. The molecule has 0 saturated heterocycles. The van der Waals surface area contributed by atoms with E-state index in [1.165, 1.54) is 10.9 Å². The van der Waals surface area contributed by atoms with Gasteiger partial charge in [0.2, 0.25) is 0 Å². The largest absolute Gasteiger partial charge is 0.464 e. The average molecular weight is 244 g/mol. The number of hydrogen-bond donors (Lipinski definition) is 1. The lowest BCUT2D eigenvalue weighted by Crippen LogP contribution is -2.33. The SMILES string of the molecule is CN(CC1CC1c1cccc2occc12)C(N)=O. The molecule has 0 spiro atoms. The second kappa shape index (κ2) is 4.05. The Balaban J connectivity index is 1.78. The standard InChI is InChI=1S/C14H16N2O2/c1-16(14(15)17)8-9-7-12(9)10-3-2-4-13-11(10)5-6-18-13/h2-6,9,12H,7-8H2,1H3,(H2,15,17). The van der Waals surface area contributed by atoms with Crippen LogP contribution in [0.3, 0.4) is 0 Å². The molecule has 94 valence electrons. The normalized spacial score (nSPS) is 22.1. The summed E-state index contributed by atoms with van der Waals surface area (Å²) in [6, 6.07) is 7.80. The Morgan fingerprint density at radius 3 is 3.11 bits per heavy atom. The number of carbonyl (C=O) groups excluding carboxylic acids is 1. The zero-order valence-corrected chi connectivity index (χ0v) is 10.3. The highest BCUT2D eigenvalue weighted by Crippen LogP contribution is 2.49. The highest BCUT2D eigenvalue weighted by molar-refractivity contribution is 5.82. The molecule has 2 amide bonds. The molecule has 0 radical (unpaired) electrons. The van der Waals surface area contributed by atoms with E-state index in [0.717, 1.165) is 18.5 Å². The Kier molecular flexibility index (Phi) is 2.51. The summed E-state index contributed by atoms with van der Waals surface area (Å²) in [6.07, 6.45) is 2.84. The first-order valence-electron chi connectivity index (χ1n) is 6.13. The third kappa shape index (κ3) is 1.83. The van der Waals surface area contributed by atoms with Gasteiger partial charge in [-0.25, -0.2) is 4.79 Å². The van der Waals surface area contributed by atoms with Crippen molar-refractivity contribution >= 4 is 17.0 Å². The molecule has 2 atom stereocenters. The number of urea groups is 1. The third-order valence-electron chi connectivity index (χ3n) is 3.74. The molecule has 1 aliphatic carbocycles. The Morgan fingerprint density at radius 2 is 2.33 bits per heavy atom. The molecule has 1 aliphatic rings. The summed E-state index contributed by atoms with van der Waals surface area (Å²) >= 11 is 0. The molecular weight excluding hydrogens is 228 g/mol. The Morgan fingerprint density at radius 1 is 1.50 bits per heavy atom. The van der Waals surface area contributed by atoms with Crippen molar-refractivity contribution in [2.45, 2.75) is 12.3 Å². The van der Waals surface area contributed by atoms with Crippen molar-refractivity contribution in [3.8, 4) is 0 Å². The second-order valence-electron chi connectivity index (χ2n) is 5.00. The number of primary amides is 1. The van der Waals surface area contributed by atoms with Gasteiger partial charge in [0.05, 0.1) is 6.26 Å². The number of amides is 2. The molecule has 2 aromatic rings. The van der Waals surface area contributed by atoms with Gasteiger partial charge in [-0.3, -0.25) is 0 Å². The minimum absolute atomic E-state index is 0.359. The maximum atomic E-state index is 11.0. The molecule has 1 fully saturated rings. The van der Waals surface area contributed by atoms with E-state index in [4.69, 9.17) is 10.2 Å². The lowest BCUT2D eigenvalue weighted by atomic mass is 10.0. The first kappa shape index (κ1) is 11.1. The van der Waals surface area contributed by atoms with Crippen LogP contribution in [0.25, 0.3) is 11.0 Å². The minimum Gasteiger partial charge on any atom is -0.464 e. The van der Waals surface area contributed by atoms with Crippen LogP contribution in [0, 0.1) is 5.92 Å². The highest BCUT2D eigenvalue weighted by Gasteiger charge is 2.40. The van der Waals surface area contributed by atoms with Crippen LogP contribution < -0.4 is 5.73 Å². The number of hydrogen-bond acceptors (Lipinski definition) is 2. The number of carbonyl (C=O) groups is 1. The predicted molar refractivity (Wildman–Crippen MR) is 69.3 cm³/mol. The zero-order chi connectivity index (χ0) is 12.7. The number of nitrogens with two attached hydrogens (primary N) is 1. The van der Waals surface area contributed by atoms with Crippen LogP contribution in [-0.2, 0) is 0 Å². The number of nitrogens with zero attached hydrogens (tertiary/aromatic N) is 1. The minimum atomic E-state index is -0.359. The van der Waals surface area contributed by atoms with Gasteiger partial charge >= 0.3 is 6.03 Å². The van der Waals surface area contributed by atoms with Crippen LogP contribution >= 0.6 is 0 Å². The maximum Gasteiger partial charge on any atom is 0.314 e. The first-order valence-corrected chi connectivity index (χ1v) is 6.13. The predicted octanol–water partition coefficient (Wildman–Crippen LogP) is 2.55. The molecule has 18 heavy (non-hydrogen) atoms. The molecule has 0 aliphatic heterocycles. The van der Waals surface area contributed by atoms with E-state index in [9.17, 15) is 4.79 Å². The molecule has 4 heteroatoms. The number of fused-ring (bicyclic) bond motifs is 1. The summed E-state index contributed by atoms with van der Waals surface area (Å²) in [7, 11) is 1.75. The number of rotatable bonds is 3. The summed E-state index contributed by atoms with van der Waals surface area (Å²) in [5.41, 5.74) is 7.50. The van der Waals surface area contributed by atoms with Gasteiger partial charge in [0.25, 0.3) is 0 Å². The molecule has 2 unspecified atom stereocenters. The van der Waals surface area contributed by atoms with Gasteiger partial charge < -0.3 is 15.1 Å². The molecule has 3 rings (SSSR count). The van der Waals surface area contributed by atoms with E-state index >= 15 is 0 Å². The van der Waals surface area contributed by atoms with Crippen LogP contribution in [0.1, 0.15) is 17.9 Å². The fraction of sp³-hybridized carbons (Fsp3) is 0.357. The van der Waals surface area contributed by atoms with Gasteiger partial charge in [0.1, 0.15) is 5.58 Å². The smallest absolute Gasteiger partial charge is 0.314 e. The summed E-state index contributed by atoms with van der Waals surface area (Å²) in [4.78, 5) is 12.6.